The molecule has 2 aliphatic rings. The molecule has 0 saturated carbocycles. The summed E-state index contributed by atoms with van der Waals surface area (Å²) >= 11 is 11.9. The van der Waals surface area contributed by atoms with E-state index in [1.807, 2.05) is 4.90 Å². The van der Waals surface area contributed by atoms with E-state index < -0.39 is 6.04 Å². The third kappa shape index (κ3) is 3.65. The first-order valence-corrected chi connectivity index (χ1v) is 9.15. The highest BCUT2D eigenvalue weighted by molar-refractivity contribution is 6.42. The number of rotatable bonds is 3. The zero-order valence-electron chi connectivity index (χ0n) is 14.3. The maximum Gasteiger partial charge on any atom is 0.409 e. The van der Waals surface area contributed by atoms with Gasteiger partial charge in [-0.25, -0.2) is 9.69 Å². The van der Waals surface area contributed by atoms with Gasteiger partial charge in [-0.2, -0.15) is 0 Å². The molecule has 0 spiro atoms. The van der Waals surface area contributed by atoms with Gasteiger partial charge in [0.15, 0.2) is 0 Å². The molecule has 2 aliphatic heterocycles. The Hall–Kier alpha value is -1.83. The Bertz CT molecular complexity index is 735. The summed E-state index contributed by atoms with van der Waals surface area (Å²) in [5.74, 6) is -0.552. The number of anilines is 1. The van der Waals surface area contributed by atoms with Gasteiger partial charge in [0.25, 0.3) is 5.91 Å². The number of carbonyl (C=O) groups excluding carboxylic acids is 3. The molecule has 3 rings (SSSR count). The highest BCUT2D eigenvalue weighted by atomic mass is 35.5. The summed E-state index contributed by atoms with van der Waals surface area (Å²) in [6.07, 6.45) is -0.239. The molecular weight excluding hydrogens is 381 g/mol. The Morgan fingerprint density at radius 3 is 2.46 bits per heavy atom. The molecule has 3 amide bonds. The first kappa shape index (κ1) is 18.9. The van der Waals surface area contributed by atoms with E-state index in [9.17, 15) is 14.4 Å². The van der Waals surface area contributed by atoms with Crippen molar-refractivity contribution in [3.63, 3.8) is 0 Å². The van der Waals surface area contributed by atoms with Crippen LogP contribution in [0.15, 0.2) is 18.2 Å². The second-order valence-corrected chi connectivity index (χ2v) is 6.92. The molecule has 0 aliphatic carbocycles. The van der Waals surface area contributed by atoms with Gasteiger partial charge in [0.05, 0.1) is 34.8 Å². The molecule has 2 fully saturated rings. The maximum absolute atomic E-state index is 12.8. The molecule has 9 heteroatoms. The van der Waals surface area contributed by atoms with E-state index in [0.29, 0.717) is 43.5 Å². The number of benzene rings is 1. The van der Waals surface area contributed by atoms with Gasteiger partial charge in [0, 0.05) is 26.2 Å². The van der Waals surface area contributed by atoms with Gasteiger partial charge in [-0.3, -0.25) is 14.5 Å². The predicted octanol–water partition coefficient (Wildman–Crippen LogP) is 2.40. The van der Waals surface area contributed by atoms with Gasteiger partial charge in [-0.1, -0.05) is 23.2 Å². The topological polar surface area (TPSA) is 70.2 Å². The number of hydrogen-bond donors (Lipinski definition) is 0. The van der Waals surface area contributed by atoms with Crippen molar-refractivity contribution in [3.8, 4) is 0 Å². The molecule has 7 nitrogen and oxygen atoms in total. The summed E-state index contributed by atoms with van der Waals surface area (Å²) in [5, 5.41) is 0.650. The summed E-state index contributed by atoms with van der Waals surface area (Å²) in [6, 6.07) is 4.15. The largest absolute Gasteiger partial charge is 0.450 e. The molecule has 1 aromatic carbocycles. The maximum atomic E-state index is 12.8. The third-order valence-electron chi connectivity index (χ3n) is 4.57. The number of amides is 3. The Kier molecular flexibility index (Phi) is 5.70. The Morgan fingerprint density at radius 1 is 1.15 bits per heavy atom. The third-order valence-corrected chi connectivity index (χ3v) is 5.30. The minimum Gasteiger partial charge on any atom is -0.450 e. The van der Waals surface area contributed by atoms with Crippen molar-refractivity contribution in [1.82, 2.24) is 9.80 Å². The number of hydrogen-bond acceptors (Lipinski definition) is 5. The lowest BCUT2D eigenvalue weighted by Gasteiger charge is -2.36. The van der Waals surface area contributed by atoms with Crippen LogP contribution < -0.4 is 4.90 Å². The lowest BCUT2D eigenvalue weighted by molar-refractivity contribution is -0.123. The van der Waals surface area contributed by atoms with E-state index >= 15 is 0 Å². The minimum absolute atomic E-state index is 0.110. The van der Waals surface area contributed by atoms with E-state index in [1.54, 1.807) is 24.0 Å². The summed E-state index contributed by atoms with van der Waals surface area (Å²) < 4.78 is 4.99. The minimum atomic E-state index is -0.527. The van der Waals surface area contributed by atoms with Gasteiger partial charge in [0.1, 0.15) is 0 Å². The number of carbonyl (C=O) groups is 3. The molecule has 0 aromatic heterocycles. The Balaban J connectivity index is 1.68. The van der Waals surface area contributed by atoms with Crippen LogP contribution in [-0.2, 0) is 14.3 Å². The van der Waals surface area contributed by atoms with Crippen molar-refractivity contribution in [3.05, 3.63) is 28.2 Å². The molecule has 1 aromatic rings. The fourth-order valence-corrected chi connectivity index (χ4v) is 3.52. The van der Waals surface area contributed by atoms with E-state index in [4.69, 9.17) is 27.9 Å². The number of imide groups is 1. The molecule has 0 unspecified atom stereocenters. The van der Waals surface area contributed by atoms with Crippen molar-refractivity contribution in [2.75, 3.05) is 37.7 Å². The second-order valence-electron chi connectivity index (χ2n) is 6.11. The van der Waals surface area contributed by atoms with Crippen molar-refractivity contribution < 1.29 is 19.1 Å². The zero-order chi connectivity index (χ0) is 18.8. The molecule has 1 atom stereocenters. The summed E-state index contributed by atoms with van der Waals surface area (Å²) in [4.78, 5) is 41.7. The fourth-order valence-electron chi connectivity index (χ4n) is 3.23. The van der Waals surface area contributed by atoms with Crippen molar-refractivity contribution >= 4 is 46.8 Å². The quantitative estimate of drug-likeness (QED) is 0.729. The lowest BCUT2D eigenvalue weighted by atomic mass is 10.2. The first-order chi connectivity index (χ1) is 12.4. The molecule has 0 N–H and O–H groups in total. The molecule has 26 heavy (non-hydrogen) atoms. The smallest absolute Gasteiger partial charge is 0.409 e. The predicted molar refractivity (Wildman–Crippen MR) is 97.5 cm³/mol. The van der Waals surface area contributed by atoms with Gasteiger partial charge in [-0.05, 0) is 25.1 Å². The first-order valence-electron chi connectivity index (χ1n) is 8.40. The van der Waals surface area contributed by atoms with E-state index in [0.717, 1.165) is 4.90 Å². The van der Waals surface area contributed by atoms with Crippen LogP contribution in [0.4, 0.5) is 10.5 Å². The number of nitrogens with zero attached hydrogens (tertiary/aromatic N) is 3. The Labute approximate surface area is 161 Å². The lowest BCUT2D eigenvalue weighted by Crippen LogP contribution is -2.54. The van der Waals surface area contributed by atoms with Crippen LogP contribution in [0.3, 0.4) is 0 Å². The molecule has 0 radical (unpaired) electrons. The molecule has 140 valence electrons. The molecule has 2 saturated heterocycles. The zero-order valence-corrected chi connectivity index (χ0v) is 15.8. The van der Waals surface area contributed by atoms with Crippen molar-refractivity contribution in [2.24, 2.45) is 0 Å². The van der Waals surface area contributed by atoms with Crippen molar-refractivity contribution in [2.45, 2.75) is 19.4 Å². The highest BCUT2D eigenvalue weighted by Gasteiger charge is 2.43. The summed E-state index contributed by atoms with van der Waals surface area (Å²) in [7, 11) is 0. The van der Waals surface area contributed by atoms with Gasteiger partial charge in [0.2, 0.25) is 5.91 Å². The van der Waals surface area contributed by atoms with Gasteiger partial charge >= 0.3 is 6.09 Å². The highest BCUT2D eigenvalue weighted by Crippen LogP contribution is 2.31. The second kappa shape index (κ2) is 7.82. The average Bonchev–Trinajstić information content (AvgIpc) is 2.92. The van der Waals surface area contributed by atoms with Crippen LogP contribution in [-0.4, -0.2) is 66.5 Å². The molecular formula is C17H19Cl2N3O4. The SMILES string of the molecule is CCOC(=O)N1CCN([C@@H]2CC(=O)N(c3ccc(Cl)c(Cl)c3)C2=O)CC1. The summed E-state index contributed by atoms with van der Waals surface area (Å²) in [5.41, 5.74) is 0.419. The van der Waals surface area contributed by atoms with Crippen LogP contribution in [0.5, 0.6) is 0 Å². The van der Waals surface area contributed by atoms with E-state index in [2.05, 4.69) is 0 Å². The van der Waals surface area contributed by atoms with Crippen LogP contribution in [0.25, 0.3) is 0 Å². The van der Waals surface area contributed by atoms with Gasteiger partial charge < -0.3 is 9.64 Å². The molecule has 0 bridgehead atoms. The molecule has 2 heterocycles. The van der Waals surface area contributed by atoms with Crippen LogP contribution in [0.1, 0.15) is 13.3 Å². The summed E-state index contributed by atoms with van der Waals surface area (Å²) in [6.45, 7) is 4.03. The average molecular weight is 400 g/mol. The monoisotopic (exact) mass is 399 g/mol. The fraction of sp³-hybridized carbons (Fsp3) is 0.471. The standard InChI is InChI=1S/C17H19Cl2N3O4/c1-2-26-17(25)21-7-5-20(6-8-21)14-10-15(23)22(16(14)24)11-3-4-12(18)13(19)9-11/h3-4,9,14H,2,5-8,10H2,1H3/t14-/m1/s1. The van der Waals surface area contributed by atoms with Crippen LogP contribution >= 0.6 is 23.2 Å². The van der Waals surface area contributed by atoms with E-state index in [1.165, 1.54) is 6.07 Å². The van der Waals surface area contributed by atoms with Crippen LogP contribution in [0, 0.1) is 0 Å². The number of piperazine rings is 1. The Morgan fingerprint density at radius 2 is 1.85 bits per heavy atom. The van der Waals surface area contributed by atoms with Crippen molar-refractivity contribution in [1.29, 1.82) is 0 Å². The number of ether oxygens (including phenoxy) is 1. The van der Waals surface area contributed by atoms with E-state index in [-0.39, 0.29) is 29.4 Å². The number of halogens is 2. The normalized spacial score (nSPS) is 21.4. The van der Waals surface area contributed by atoms with Gasteiger partial charge in [-0.15, -0.1) is 0 Å². The van der Waals surface area contributed by atoms with Crippen LogP contribution in [0.2, 0.25) is 10.0 Å².